The molecule has 5 fully saturated rings. The summed E-state index contributed by atoms with van der Waals surface area (Å²) in [5.74, 6) is 2.93. The van der Waals surface area contributed by atoms with Crippen LogP contribution in [0.3, 0.4) is 0 Å². The Bertz CT molecular complexity index is 360. The molecule has 3 unspecified atom stereocenters. The number of rotatable bonds is 3. The first kappa shape index (κ1) is 13.6. The summed E-state index contributed by atoms with van der Waals surface area (Å²) in [4.78, 5) is 0. The van der Waals surface area contributed by atoms with Gasteiger partial charge in [-0.25, -0.2) is 0 Å². The Morgan fingerprint density at radius 3 is 2.25 bits per heavy atom. The molecule has 1 heterocycles. The van der Waals surface area contributed by atoms with Gasteiger partial charge < -0.3 is 10.1 Å². The first-order valence-electron chi connectivity index (χ1n) is 8.88. The van der Waals surface area contributed by atoms with E-state index in [1.807, 2.05) is 0 Å². The van der Waals surface area contributed by atoms with E-state index in [1.54, 1.807) is 6.42 Å². The highest BCUT2D eigenvalue weighted by atomic mass is 16.5. The lowest BCUT2D eigenvalue weighted by Crippen LogP contribution is -2.60. The maximum Gasteiger partial charge on any atom is 0.0469 e. The summed E-state index contributed by atoms with van der Waals surface area (Å²) in [5.41, 5.74) is 1.29. The molecule has 4 bridgehead atoms. The molecule has 2 nitrogen and oxygen atoms in total. The summed E-state index contributed by atoms with van der Waals surface area (Å²) in [6.07, 6.45) is 11.7. The molecule has 1 aliphatic heterocycles. The minimum absolute atomic E-state index is 0.621. The summed E-state index contributed by atoms with van der Waals surface area (Å²) >= 11 is 0. The molecule has 5 rings (SSSR count). The summed E-state index contributed by atoms with van der Waals surface area (Å²) in [7, 11) is 2.22. The maximum atomic E-state index is 5.61. The molecule has 0 spiro atoms. The third-order valence-electron chi connectivity index (χ3n) is 7.11. The first-order valence-corrected chi connectivity index (χ1v) is 8.88. The Balaban J connectivity index is 1.61. The number of hydrogen-bond acceptors (Lipinski definition) is 2. The molecule has 3 atom stereocenters. The van der Waals surface area contributed by atoms with Gasteiger partial charge in [-0.2, -0.15) is 0 Å². The van der Waals surface area contributed by atoms with Crippen LogP contribution in [0.2, 0.25) is 0 Å². The summed E-state index contributed by atoms with van der Waals surface area (Å²) < 4.78 is 5.61. The topological polar surface area (TPSA) is 21.3 Å². The van der Waals surface area contributed by atoms with Crippen LogP contribution in [-0.4, -0.2) is 26.3 Å². The minimum Gasteiger partial charge on any atom is -0.381 e. The molecule has 1 N–H and O–H groups in total. The number of ether oxygens (including phenoxy) is 1. The van der Waals surface area contributed by atoms with Gasteiger partial charge in [-0.05, 0) is 87.0 Å². The summed E-state index contributed by atoms with van der Waals surface area (Å²) in [6.45, 7) is 4.57. The zero-order chi connectivity index (χ0) is 13.8. The molecule has 4 aliphatic carbocycles. The second-order valence-electron chi connectivity index (χ2n) is 8.85. The Labute approximate surface area is 124 Å². The van der Waals surface area contributed by atoms with Crippen LogP contribution in [-0.2, 0) is 4.74 Å². The fourth-order valence-corrected chi connectivity index (χ4v) is 7.25. The second kappa shape index (κ2) is 4.71. The summed E-state index contributed by atoms with van der Waals surface area (Å²) in [5, 5.41) is 3.79. The third-order valence-corrected chi connectivity index (χ3v) is 7.11. The van der Waals surface area contributed by atoms with E-state index in [-0.39, 0.29) is 0 Å². The van der Waals surface area contributed by atoms with E-state index in [0.717, 1.165) is 37.0 Å². The van der Waals surface area contributed by atoms with Gasteiger partial charge in [0.15, 0.2) is 0 Å². The van der Waals surface area contributed by atoms with Crippen molar-refractivity contribution >= 4 is 0 Å². The minimum atomic E-state index is 0.621. The number of hydrogen-bond donors (Lipinski definition) is 1. The molecule has 0 aromatic heterocycles. The molecule has 4 saturated carbocycles. The van der Waals surface area contributed by atoms with Crippen LogP contribution in [0, 0.1) is 28.6 Å². The van der Waals surface area contributed by atoms with Crippen molar-refractivity contribution in [2.75, 3.05) is 20.3 Å². The van der Waals surface area contributed by atoms with Gasteiger partial charge in [-0.1, -0.05) is 6.92 Å². The van der Waals surface area contributed by atoms with Gasteiger partial charge in [-0.3, -0.25) is 0 Å². The van der Waals surface area contributed by atoms with E-state index >= 15 is 0 Å². The van der Waals surface area contributed by atoms with Crippen LogP contribution in [0.15, 0.2) is 0 Å². The average molecular weight is 277 g/mol. The van der Waals surface area contributed by atoms with Gasteiger partial charge in [0, 0.05) is 19.3 Å². The van der Waals surface area contributed by atoms with E-state index in [4.69, 9.17) is 4.74 Å². The predicted octanol–water partition coefficient (Wildman–Crippen LogP) is 3.61. The maximum absolute atomic E-state index is 5.61. The van der Waals surface area contributed by atoms with Gasteiger partial charge in [0.25, 0.3) is 0 Å². The fourth-order valence-electron chi connectivity index (χ4n) is 7.25. The number of nitrogens with one attached hydrogen (secondary N) is 1. The molecule has 0 aromatic rings. The Morgan fingerprint density at radius 2 is 1.70 bits per heavy atom. The largest absolute Gasteiger partial charge is 0.381 e. The van der Waals surface area contributed by atoms with E-state index in [1.165, 1.54) is 44.9 Å². The van der Waals surface area contributed by atoms with Crippen LogP contribution in [0.5, 0.6) is 0 Å². The molecule has 0 aromatic carbocycles. The van der Waals surface area contributed by atoms with Crippen LogP contribution < -0.4 is 5.32 Å². The van der Waals surface area contributed by atoms with Crippen molar-refractivity contribution in [2.45, 2.75) is 64.3 Å². The van der Waals surface area contributed by atoms with Gasteiger partial charge in [0.2, 0.25) is 0 Å². The zero-order valence-electron chi connectivity index (χ0n) is 13.3. The van der Waals surface area contributed by atoms with Crippen molar-refractivity contribution < 1.29 is 4.74 Å². The van der Waals surface area contributed by atoms with Crippen molar-refractivity contribution in [1.29, 1.82) is 0 Å². The van der Waals surface area contributed by atoms with Gasteiger partial charge in [0.05, 0.1) is 0 Å². The third kappa shape index (κ3) is 2.06. The van der Waals surface area contributed by atoms with Crippen molar-refractivity contribution in [3.05, 3.63) is 0 Å². The predicted molar refractivity (Wildman–Crippen MR) is 81.6 cm³/mol. The van der Waals surface area contributed by atoms with Gasteiger partial charge in [-0.15, -0.1) is 0 Å². The molecule has 20 heavy (non-hydrogen) atoms. The van der Waals surface area contributed by atoms with Crippen LogP contribution in [0.25, 0.3) is 0 Å². The van der Waals surface area contributed by atoms with E-state index in [9.17, 15) is 0 Å². The molecule has 1 saturated heterocycles. The van der Waals surface area contributed by atoms with Crippen LogP contribution in [0.1, 0.15) is 58.3 Å². The highest BCUT2D eigenvalue weighted by molar-refractivity contribution is 5.10. The lowest BCUT2D eigenvalue weighted by atomic mass is 9.42. The van der Waals surface area contributed by atoms with Gasteiger partial charge >= 0.3 is 0 Å². The Hall–Kier alpha value is -0.0800. The normalized spacial score (nSPS) is 49.5. The van der Waals surface area contributed by atoms with Gasteiger partial charge in [0.1, 0.15) is 0 Å². The molecule has 114 valence electrons. The lowest BCUT2D eigenvalue weighted by molar-refractivity contribution is -0.130. The Kier molecular flexibility index (Phi) is 3.20. The average Bonchev–Trinajstić information content (AvgIpc) is 2.37. The summed E-state index contributed by atoms with van der Waals surface area (Å²) in [6, 6.07) is 0.747. The molecular weight excluding hydrogens is 246 g/mol. The van der Waals surface area contributed by atoms with E-state index < -0.39 is 0 Å². The van der Waals surface area contributed by atoms with E-state index in [2.05, 4.69) is 19.3 Å². The SMILES string of the molecule is CNC(C1CCOCC1)C12CC3CC(CC(C)(C3)C1)C2. The fraction of sp³-hybridized carbons (Fsp3) is 1.00. The van der Waals surface area contributed by atoms with Crippen LogP contribution >= 0.6 is 0 Å². The molecular formula is C18H31NO. The standard InChI is InChI=1S/C18H31NO/c1-17-8-13-7-14(9-17)11-18(10-13,12-17)16(19-2)15-3-5-20-6-4-15/h13-16,19H,3-12H2,1-2H3. The molecule has 0 radical (unpaired) electrons. The van der Waals surface area contributed by atoms with Crippen molar-refractivity contribution in [2.24, 2.45) is 28.6 Å². The van der Waals surface area contributed by atoms with Crippen molar-refractivity contribution in [3.8, 4) is 0 Å². The monoisotopic (exact) mass is 277 g/mol. The first-order chi connectivity index (χ1) is 9.62. The molecule has 2 heteroatoms. The smallest absolute Gasteiger partial charge is 0.0469 e. The zero-order valence-corrected chi connectivity index (χ0v) is 13.3. The van der Waals surface area contributed by atoms with Crippen molar-refractivity contribution in [1.82, 2.24) is 5.32 Å². The highest BCUT2D eigenvalue weighted by Crippen LogP contribution is 2.66. The van der Waals surface area contributed by atoms with Crippen molar-refractivity contribution in [3.63, 3.8) is 0 Å². The second-order valence-corrected chi connectivity index (χ2v) is 8.85. The van der Waals surface area contributed by atoms with E-state index in [0.29, 0.717) is 10.8 Å². The lowest BCUT2D eigenvalue weighted by Gasteiger charge is -2.64. The highest BCUT2D eigenvalue weighted by Gasteiger charge is 2.59. The quantitative estimate of drug-likeness (QED) is 0.851. The Morgan fingerprint density at radius 1 is 1.05 bits per heavy atom. The molecule has 0 amide bonds. The van der Waals surface area contributed by atoms with Crippen LogP contribution in [0.4, 0.5) is 0 Å². The molecule has 5 aliphatic rings.